The van der Waals surface area contributed by atoms with Crippen LogP contribution in [0.5, 0.6) is 5.75 Å². The van der Waals surface area contributed by atoms with Crippen molar-refractivity contribution in [1.29, 1.82) is 0 Å². The minimum Gasteiger partial charge on any atom is -0.496 e. The fourth-order valence-corrected chi connectivity index (χ4v) is 6.22. The van der Waals surface area contributed by atoms with Crippen LogP contribution < -0.4 is 10.1 Å². The molecule has 3 aromatic carbocycles. The average Bonchev–Trinajstić information content (AvgIpc) is 2.85. The second-order valence-corrected chi connectivity index (χ2v) is 9.94. The van der Waals surface area contributed by atoms with Crippen LogP contribution in [0.2, 0.25) is 0 Å². The Bertz CT molecular complexity index is 979. The van der Waals surface area contributed by atoms with Crippen LogP contribution in [0, 0.1) is 5.92 Å². The quantitative estimate of drug-likeness (QED) is 0.449. The zero-order chi connectivity index (χ0) is 21.9. The molecule has 1 N–H and O–H groups in total. The van der Waals surface area contributed by atoms with Gasteiger partial charge in [0, 0.05) is 34.6 Å². The highest BCUT2D eigenvalue weighted by Gasteiger charge is 2.46. The highest BCUT2D eigenvalue weighted by Crippen LogP contribution is 2.42. The number of nitrogens with one attached hydrogen (secondary N) is 1. The van der Waals surface area contributed by atoms with Crippen molar-refractivity contribution in [1.82, 2.24) is 10.2 Å². The van der Waals surface area contributed by atoms with Crippen LogP contribution in [0.1, 0.15) is 35.4 Å². The monoisotopic (exact) mass is 490 g/mol. The number of piperidine rings is 3. The summed E-state index contributed by atoms with van der Waals surface area (Å²) in [5.41, 5.74) is 4.01. The van der Waals surface area contributed by atoms with Crippen LogP contribution in [-0.4, -0.2) is 37.2 Å². The van der Waals surface area contributed by atoms with Crippen LogP contribution in [0.3, 0.4) is 0 Å². The number of ether oxygens (including phenoxy) is 1. The van der Waals surface area contributed by atoms with Crippen LogP contribution in [0.4, 0.5) is 0 Å². The number of hydrogen-bond donors (Lipinski definition) is 1. The molecule has 2 atom stereocenters. The van der Waals surface area contributed by atoms with Gasteiger partial charge in [-0.25, -0.2) is 0 Å². The third kappa shape index (κ3) is 4.36. The summed E-state index contributed by atoms with van der Waals surface area (Å²) < 4.78 is 6.73. The summed E-state index contributed by atoms with van der Waals surface area (Å²) in [6.07, 6.45) is 2.56. The Morgan fingerprint density at radius 1 is 0.938 bits per heavy atom. The number of methoxy groups -OCH3 is 1. The van der Waals surface area contributed by atoms with Gasteiger partial charge < -0.3 is 10.1 Å². The van der Waals surface area contributed by atoms with E-state index in [1.165, 1.54) is 42.6 Å². The molecule has 3 heterocycles. The van der Waals surface area contributed by atoms with Gasteiger partial charge in [0.15, 0.2) is 0 Å². The van der Waals surface area contributed by atoms with Gasteiger partial charge in [0.2, 0.25) is 0 Å². The lowest BCUT2D eigenvalue weighted by molar-refractivity contribution is 0.00462. The van der Waals surface area contributed by atoms with E-state index in [0.717, 1.165) is 16.8 Å². The zero-order valence-electron chi connectivity index (χ0n) is 18.6. The molecule has 0 aliphatic carbocycles. The molecule has 3 saturated heterocycles. The molecule has 166 valence electrons. The van der Waals surface area contributed by atoms with E-state index in [4.69, 9.17) is 4.74 Å². The molecule has 3 nitrogen and oxygen atoms in total. The first-order chi connectivity index (χ1) is 15.7. The molecule has 0 radical (unpaired) electrons. The number of fused-ring (bicyclic) bond motifs is 3. The Morgan fingerprint density at radius 2 is 1.56 bits per heavy atom. The number of nitrogens with zero attached hydrogens (tertiary/aromatic N) is 1. The van der Waals surface area contributed by atoms with E-state index in [1.807, 2.05) is 12.1 Å². The lowest BCUT2D eigenvalue weighted by Crippen LogP contribution is -2.64. The maximum Gasteiger partial charge on any atom is 0.123 e. The van der Waals surface area contributed by atoms with Crippen molar-refractivity contribution < 1.29 is 4.74 Å². The largest absolute Gasteiger partial charge is 0.496 e. The Hall–Kier alpha value is -2.14. The maximum atomic E-state index is 5.64. The first kappa shape index (κ1) is 21.7. The first-order valence-corrected chi connectivity index (χ1v) is 12.4. The fourth-order valence-electron chi connectivity index (χ4n) is 5.81. The summed E-state index contributed by atoms with van der Waals surface area (Å²) in [7, 11) is 1.75. The van der Waals surface area contributed by atoms with Crippen molar-refractivity contribution in [3.63, 3.8) is 0 Å². The Kier molecular flexibility index (Phi) is 6.63. The van der Waals surface area contributed by atoms with Gasteiger partial charge in [-0.05, 0) is 61.2 Å². The number of benzene rings is 3. The van der Waals surface area contributed by atoms with Gasteiger partial charge in [-0.1, -0.05) is 76.6 Å². The highest BCUT2D eigenvalue weighted by molar-refractivity contribution is 9.10. The molecule has 0 spiro atoms. The molecular weight excluding hydrogens is 460 g/mol. The summed E-state index contributed by atoms with van der Waals surface area (Å²) in [6.45, 7) is 3.21. The van der Waals surface area contributed by atoms with Gasteiger partial charge in [-0.15, -0.1) is 0 Å². The fraction of sp³-hybridized carbons (Fsp3) is 0.357. The summed E-state index contributed by atoms with van der Waals surface area (Å²) in [5, 5.41) is 4.00. The molecule has 3 fully saturated rings. The standard InChI is InChI=1S/C28H31BrN2O/c1-32-25-13-12-24(29)18-23(25)19-30-27-22-14-16-31(17-15-22)28(27)26(20-8-4-2-5-9-20)21-10-6-3-7-11-21/h2-13,18,22,26-28,30H,14-17,19H2,1H3/t27-,28+/m1/s1. The third-order valence-electron chi connectivity index (χ3n) is 7.30. The van der Waals surface area contributed by atoms with E-state index in [9.17, 15) is 0 Å². The minimum atomic E-state index is 0.349. The highest BCUT2D eigenvalue weighted by atomic mass is 79.9. The second-order valence-electron chi connectivity index (χ2n) is 9.03. The third-order valence-corrected chi connectivity index (χ3v) is 7.79. The molecule has 0 aromatic heterocycles. The molecule has 0 amide bonds. The summed E-state index contributed by atoms with van der Waals surface area (Å²) >= 11 is 3.63. The van der Waals surface area contributed by atoms with Crippen LogP contribution in [0.25, 0.3) is 0 Å². The molecule has 32 heavy (non-hydrogen) atoms. The molecule has 2 bridgehead atoms. The Labute approximate surface area is 199 Å². The second kappa shape index (κ2) is 9.78. The molecule has 6 rings (SSSR count). The van der Waals surface area contributed by atoms with E-state index in [0.29, 0.717) is 23.9 Å². The molecular formula is C28H31BrN2O. The predicted molar refractivity (Wildman–Crippen MR) is 134 cm³/mol. The van der Waals surface area contributed by atoms with E-state index in [-0.39, 0.29) is 0 Å². The Balaban J connectivity index is 1.49. The van der Waals surface area contributed by atoms with Crippen molar-refractivity contribution in [3.8, 4) is 5.75 Å². The van der Waals surface area contributed by atoms with E-state index in [1.54, 1.807) is 7.11 Å². The predicted octanol–water partition coefficient (Wildman–Crippen LogP) is 5.84. The summed E-state index contributed by atoms with van der Waals surface area (Å²) in [5.74, 6) is 2.00. The van der Waals surface area contributed by atoms with Gasteiger partial charge >= 0.3 is 0 Å². The van der Waals surface area contributed by atoms with Gasteiger partial charge in [-0.2, -0.15) is 0 Å². The molecule has 4 heteroatoms. The van der Waals surface area contributed by atoms with Crippen molar-refractivity contribution in [3.05, 3.63) is 100 Å². The minimum absolute atomic E-state index is 0.349. The lowest BCUT2D eigenvalue weighted by Gasteiger charge is -2.54. The lowest BCUT2D eigenvalue weighted by atomic mass is 9.70. The normalized spacial score (nSPS) is 24.6. The van der Waals surface area contributed by atoms with E-state index in [2.05, 4.69) is 92.9 Å². The van der Waals surface area contributed by atoms with Gasteiger partial charge in [0.1, 0.15) is 5.75 Å². The number of hydrogen-bond acceptors (Lipinski definition) is 3. The van der Waals surface area contributed by atoms with Gasteiger partial charge in [0.25, 0.3) is 0 Å². The summed E-state index contributed by atoms with van der Waals surface area (Å²) in [4.78, 5) is 2.74. The molecule has 0 unspecified atom stereocenters. The van der Waals surface area contributed by atoms with Crippen LogP contribution in [-0.2, 0) is 6.54 Å². The van der Waals surface area contributed by atoms with Gasteiger partial charge in [0.05, 0.1) is 7.11 Å². The topological polar surface area (TPSA) is 24.5 Å². The van der Waals surface area contributed by atoms with Crippen molar-refractivity contribution in [2.24, 2.45) is 5.92 Å². The van der Waals surface area contributed by atoms with Gasteiger partial charge in [-0.3, -0.25) is 4.90 Å². The smallest absolute Gasteiger partial charge is 0.123 e. The zero-order valence-corrected chi connectivity index (χ0v) is 20.2. The number of rotatable bonds is 7. The Morgan fingerprint density at radius 3 is 2.16 bits per heavy atom. The van der Waals surface area contributed by atoms with Crippen molar-refractivity contribution in [2.45, 2.75) is 37.4 Å². The average molecular weight is 491 g/mol. The van der Waals surface area contributed by atoms with E-state index < -0.39 is 0 Å². The summed E-state index contributed by atoms with van der Waals surface area (Å²) in [6, 6.07) is 29.3. The molecule has 0 saturated carbocycles. The molecule has 3 aliphatic rings. The SMILES string of the molecule is COc1ccc(Br)cc1CN[C@@H]1C2CCN(CC2)[C@H]1C(c1ccccc1)c1ccccc1. The molecule has 3 aromatic rings. The first-order valence-electron chi connectivity index (χ1n) is 11.6. The van der Waals surface area contributed by atoms with E-state index >= 15 is 0 Å². The number of halogens is 1. The maximum absolute atomic E-state index is 5.64. The van der Waals surface area contributed by atoms with Crippen LogP contribution >= 0.6 is 15.9 Å². The van der Waals surface area contributed by atoms with Crippen molar-refractivity contribution >= 4 is 15.9 Å². The van der Waals surface area contributed by atoms with Crippen LogP contribution in [0.15, 0.2) is 83.3 Å². The van der Waals surface area contributed by atoms with Crippen molar-refractivity contribution in [2.75, 3.05) is 20.2 Å². The molecule has 3 aliphatic heterocycles.